The number of carbonyl (C=O) groups excluding carboxylic acids is 1. The highest BCUT2D eigenvalue weighted by molar-refractivity contribution is 7.92. The van der Waals surface area contributed by atoms with Gasteiger partial charge in [0.05, 0.1) is 19.0 Å². The number of hydrogen-bond acceptors (Lipinski definition) is 9. The van der Waals surface area contributed by atoms with E-state index in [2.05, 4.69) is 19.9 Å². The maximum Gasteiger partial charge on any atom is 0.528 e. The molecule has 1 aromatic heterocycles. The Morgan fingerprint density at radius 1 is 0.974 bits per heavy atom. The lowest BCUT2D eigenvalue weighted by Gasteiger charge is -2.26. The minimum atomic E-state index is -3.97. The van der Waals surface area contributed by atoms with Gasteiger partial charge < -0.3 is 14.5 Å². The Labute approximate surface area is 225 Å². The number of anilines is 2. The van der Waals surface area contributed by atoms with Gasteiger partial charge in [0, 0.05) is 20.6 Å². The Morgan fingerprint density at radius 2 is 1.63 bits per heavy atom. The zero-order chi connectivity index (χ0) is 28.1. The number of quaternary nitrogens is 1. The molecule has 2 aromatic rings. The first kappa shape index (κ1) is 29.2. The molecule has 0 unspecified atom stereocenters. The number of benzene rings is 1. The first-order valence-electron chi connectivity index (χ1n) is 12.4. The van der Waals surface area contributed by atoms with Gasteiger partial charge in [-0.1, -0.05) is 23.8 Å². The van der Waals surface area contributed by atoms with Gasteiger partial charge >= 0.3 is 12.0 Å². The molecule has 38 heavy (non-hydrogen) atoms. The lowest BCUT2D eigenvalue weighted by atomic mass is 10.2. The van der Waals surface area contributed by atoms with Crippen molar-refractivity contribution in [1.29, 1.82) is 0 Å². The highest BCUT2D eigenvalue weighted by Crippen LogP contribution is 2.26. The van der Waals surface area contributed by atoms with Crippen molar-refractivity contribution in [3.05, 3.63) is 53.8 Å². The fourth-order valence-electron chi connectivity index (χ4n) is 3.57. The van der Waals surface area contributed by atoms with Crippen molar-refractivity contribution in [3.63, 3.8) is 0 Å². The van der Waals surface area contributed by atoms with E-state index in [4.69, 9.17) is 4.74 Å². The van der Waals surface area contributed by atoms with E-state index in [9.17, 15) is 13.2 Å². The molecule has 0 fully saturated rings. The van der Waals surface area contributed by atoms with Crippen molar-refractivity contribution >= 4 is 34.0 Å². The summed E-state index contributed by atoms with van der Waals surface area (Å²) in [4.78, 5) is 30.7. The van der Waals surface area contributed by atoms with Crippen LogP contribution in [-0.4, -0.2) is 89.7 Å². The topological polar surface area (TPSA) is 109 Å². The van der Waals surface area contributed by atoms with Crippen molar-refractivity contribution in [2.75, 3.05) is 64.6 Å². The van der Waals surface area contributed by atoms with Gasteiger partial charge in [-0.25, -0.2) is 12.7 Å². The molecule has 206 valence electrons. The summed E-state index contributed by atoms with van der Waals surface area (Å²) < 4.78 is 33.0. The zero-order valence-corrected chi connectivity index (χ0v) is 24.1. The zero-order valence-electron chi connectivity index (χ0n) is 23.2. The van der Waals surface area contributed by atoms with Crippen LogP contribution in [0.5, 0.6) is 0 Å². The minimum absolute atomic E-state index is 0.0563. The maximum absolute atomic E-state index is 13.4. The molecule has 0 radical (unpaired) electrons. The number of allylic oxidation sites excluding steroid dienone is 3. The summed E-state index contributed by atoms with van der Waals surface area (Å²) in [5.41, 5.74) is 0.941. The first-order chi connectivity index (χ1) is 17.8. The molecule has 0 spiro atoms. The van der Waals surface area contributed by atoms with Gasteiger partial charge in [0.25, 0.3) is 10.0 Å². The van der Waals surface area contributed by atoms with Crippen molar-refractivity contribution < 1.29 is 17.9 Å². The molecule has 1 amide bonds. The number of carbonyl (C=O) groups is 1. The molecular formula is C26H38N7O4S+. The summed E-state index contributed by atoms with van der Waals surface area (Å²) >= 11 is 0. The smallest absolute Gasteiger partial charge is 0.381 e. The van der Waals surface area contributed by atoms with Crippen molar-refractivity contribution in [2.45, 2.75) is 31.1 Å². The van der Waals surface area contributed by atoms with Crippen LogP contribution in [0.25, 0.3) is 0 Å². The van der Waals surface area contributed by atoms with Crippen molar-refractivity contribution in [2.24, 2.45) is 0 Å². The monoisotopic (exact) mass is 544 g/mol. The fourth-order valence-corrected chi connectivity index (χ4v) is 4.66. The highest BCUT2D eigenvalue weighted by atomic mass is 32.2. The summed E-state index contributed by atoms with van der Waals surface area (Å²) in [5, 5.41) is 0. The number of nitrogens with zero attached hydrogens (tertiary/aromatic N) is 7. The van der Waals surface area contributed by atoms with E-state index in [-0.39, 0.29) is 22.7 Å². The van der Waals surface area contributed by atoms with E-state index in [0.29, 0.717) is 12.3 Å². The summed E-state index contributed by atoms with van der Waals surface area (Å²) in [5.74, 6) is 0.675. The fraction of sp³-hybridized carbons (Fsp3) is 0.462. The van der Waals surface area contributed by atoms with Crippen molar-refractivity contribution in [1.82, 2.24) is 24.3 Å². The second-order valence-electron chi connectivity index (χ2n) is 10.0. The van der Waals surface area contributed by atoms with Gasteiger partial charge in [0.2, 0.25) is 11.9 Å². The Balaban J connectivity index is 2.02. The van der Waals surface area contributed by atoms with Gasteiger partial charge in [0.1, 0.15) is 5.76 Å². The second-order valence-corrected chi connectivity index (χ2v) is 12.0. The maximum atomic E-state index is 13.4. The molecule has 0 saturated carbocycles. The van der Waals surface area contributed by atoms with E-state index >= 15 is 0 Å². The molecule has 1 heterocycles. The molecule has 0 atom stereocenters. The lowest BCUT2D eigenvalue weighted by Crippen LogP contribution is -2.48. The number of aromatic nitrogens is 3. The van der Waals surface area contributed by atoms with E-state index in [1.807, 2.05) is 45.1 Å². The van der Waals surface area contributed by atoms with Crippen LogP contribution >= 0.6 is 0 Å². The van der Waals surface area contributed by atoms with Gasteiger partial charge in [-0.2, -0.15) is 14.3 Å². The molecule has 1 aliphatic carbocycles. The summed E-state index contributed by atoms with van der Waals surface area (Å²) in [7, 11) is 6.42. The summed E-state index contributed by atoms with van der Waals surface area (Å²) in [6, 6.07) is 6.54. The predicted molar refractivity (Wildman–Crippen MR) is 150 cm³/mol. The Morgan fingerprint density at radius 3 is 2.24 bits per heavy atom. The van der Waals surface area contributed by atoms with E-state index in [0.717, 1.165) is 35.7 Å². The number of ether oxygens (including phenoxy) is 1. The Bertz CT molecular complexity index is 1310. The van der Waals surface area contributed by atoms with Gasteiger partial charge in [-0.3, -0.25) is 0 Å². The summed E-state index contributed by atoms with van der Waals surface area (Å²) in [6.45, 7) is 3.35. The molecule has 3 rings (SSSR count). The van der Waals surface area contributed by atoms with Crippen LogP contribution in [0.4, 0.5) is 22.6 Å². The normalized spacial score (nSPS) is 13.8. The number of aryl methyl sites for hydroxylation is 1. The molecule has 0 N–H and O–H groups in total. The third-order valence-electron chi connectivity index (χ3n) is 6.12. The Kier molecular flexibility index (Phi) is 9.23. The number of amides is 1. The number of hydrogen-bond donors (Lipinski definition) is 0. The average Bonchev–Trinajstić information content (AvgIpc) is 2.88. The van der Waals surface area contributed by atoms with Crippen LogP contribution in [-0.2, 0) is 14.8 Å². The molecule has 0 aliphatic heterocycles. The van der Waals surface area contributed by atoms with E-state index < -0.39 is 20.6 Å². The largest absolute Gasteiger partial charge is 0.528 e. The minimum Gasteiger partial charge on any atom is -0.381 e. The molecule has 12 heteroatoms. The third kappa shape index (κ3) is 6.94. The standard InChI is InChI=1S/C26H38N7O4S/c1-20-14-16-22(17-15-20)38(35,36)32(5)24-27-23(31(4)19-11-18-30(2)3)28-25(29-24)33(6,7)26(34)37-21-12-9-8-10-13-21/h9,12-17H,8,10-11,18-19H2,1-7H3/q+1. The summed E-state index contributed by atoms with van der Waals surface area (Å²) in [6.07, 6.45) is 7.44. The second kappa shape index (κ2) is 12.0. The first-order valence-corrected chi connectivity index (χ1v) is 13.9. The molecule has 0 saturated heterocycles. The van der Waals surface area contributed by atoms with Crippen LogP contribution < -0.4 is 13.7 Å². The molecule has 1 aliphatic rings. The van der Waals surface area contributed by atoms with E-state index in [1.54, 1.807) is 44.4 Å². The van der Waals surface area contributed by atoms with Gasteiger partial charge in [-0.15, -0.1) is 9.97 Å². The molecule has 1 aromatic carbocycles. The number of sulfonamides is 1. The van der Waals surface area contributed by atoms with Crippen molar-refractivity contribution in [3.8, 4) is 0 Å². The van der Waals surface area contributed by atoms with Crippen LogP contribution in [0.15, 0.2) is 53.1 Å². The number of rotatable bonds is 10. The Hall–Kier alpha value is -3.35. The lowest BCUT2D eigenvalue weighted by molar-refractivity contribution is 0.147. The predicted octanol–water partition coefficient (Wildman–Crippen LogP) is 3.33. The van der Waals surface area contributed by atoms with E-state index in [1.165, 1.54) is 7.05 Å². The third-order valence-corrected chi connectivity index (χ3v) is 7.88. The highest BCUT2D eigenvalue weighted by Gasteiger charge is 2.38. The van der Waals surface area contributed by atoms with Crippen LogP contribution in [0, 0.1) is 6.92 Å². The van der Waals surface area contributed by atoms with Gasteiger partial charge in [-0.05, 0) is 71.1 Å². The average molecular weight is 545 g/mol. The SMILES string of the molecule is Cc1ccc(S(=O)(=O)N(C)c2nc(N(C)CCCN(C)C)nc([N+](C)(C)C(=O)OC3=CCCC=C3)n2)cc1. The quantitative estimate of drug-likeness (QED) is 0.416. The molecule has 11 nitrogen and oxygen atoms in total. The van der Waals surface area contributed by atoms with Gasteiger partial charge in [0.15, 0.2) is 0 Å². The van der Waals surface area contributed by atoms with Crippen LogP contribution in [0.1, 0.15) is 24.8 Å². The molecule has 0 bridgehead atoms. The van der Waals surface area contributed by atoms with Crippen LogP contribution in [0.3, 0.4) is 0 Å². The van der Waals surface area contributed by atoms with Crippen LogP contribution in [0.2, 0.25) is 0 Å². The molecular weight excluding hydrogens is 506 g/mol.